The molecule has 0 bridgehead atoms. The molecular weight excluding hydrogens is 372 g/mol. The molecule has 0 saturated carbocycles. The topological polar surface area (TPSA) is 76.0 Å². The number of benzene rings is 2. The van der Waals surface area contributed by atoms with E-state index in [1.165, 1.54) is 11.8 Å². The Hall–Kier alpha value is -3.06. The molecule has 1 atom stereocenters. The zero-order valence-corrected chi connectivity index (χ0v) is 16.4. The van der Waals surface area contributed by atoms with Crippen LogP contribution in [0.2, 0.25) is 0 Å². The maximum Gasteiger partial charge on any atom is 0.251 e. The third kappa shape index (κ3) is 3.41. The minimum Gasteiger partial charge on any atom is -0.323 e. The largest absolute Gasteiger partial charge is 0.323 e. The fourth-order valence-corrected chi connectivity index (χ4v) is 4.18. The van der Waals surface area contributed by atoms with Crippen LogP contribution in [0.4, 0.5) is 11.5 Å². The fraction of sp³-hybridized carbons (Fsp3) is 0.190. The van der Waals surface area contributed by atoms with Gasteiger partial charge in [0.1, 0.15) is 5.82 Å². The first-order chi connectivity index (χ1) is 13.5. The van der Waals surface area contributed by atoms with Crippen molar-refractivity contribution in [2.24, 2.45) is 0 Å². The molecule has 1 aromatic heterocycles. The van der Waals surface area contributed by atoms with Crippen molar-refractivity contribution in [1.82, 2.24) is 9.78 Å². The van der Waals surface area contributed by atoms with Gasteiger partial charge in [0.25, 0.3) is 5.91 Å². The molecule has 28 heavy (non-hydrogen) atoms. The summed E-state index contributed by atoms with van der Waals surface area (Å²) in [7, 11) is 0. The third-order valence-electron chi connectivity index (χ3n) is 4.63. The molecule has 2 N–H and O–H groups in total. The molecule has 0 spiro atoms. The van der Waals surface area contributed by atoms with E-state index in [-0.39, 0.29) is 11.8 Å². The summed E-state index contributed by atoms with van der Waals surface area (Å²) in [5.41, 5.74) is 2.60. The van der Waals surface area contributed by atoms with Gasteiger partial charge < -0.3 is 10.6 Å². The number of hydrogen-bond donors (Lipinski definition) is 2. The highest BCUT2D eigenvalue weighted by atomic mass is 32.2. The smallest absolute Gasteiger partial charge is 0.251 e. The minimum atomic E-state index is -1.27. The predicted molar refractivity (Wildman–Crippen MR) is 110 cm³/mol. The summed E-state index contributed by atoms with van der Waals surface area (Å²) in [5.74, 6) is -0.141. The third-order valence-corrected chi connectivity index (χ3v) is 5.99. The Morgan fingerprint density at radius 2 is 1.89 bits per heavy atom. The fourth-order valence-electron chi connectivity index (χ4n) is 3.07. The molecule has 0 radical (unpaired) electrons. The molecule has 2 heterocycles. The van der Waals surface area contributed by atoms with E-state index < -0.39 is 4.75 Å². The van der Waals surface area contributed by atoms with E-state index in [9.17, 15) is 9.59 Å². The van der Waals surface area contributed by atoms with Crippen LogP contribution >= 0.6 is 11.8 Å². The summed E-state index contributed by atoms with van der Waals surface area (Å²) in [4.78, 5) is 26.6. The molecule has 4 rings (SSSR count). The number of anilines is 2. The lowest BCUT2D eigenvalue weighted by molar-refractivity contribution is -0.126. The average Bonchev–Trinajstić information content (AvgIpc) is 3.02. The summed E-state index contributed by atoms with van der Waals surface area (Å²) in [6, 6.07) is 19.2. The van der Waals surface area contributed by atoms with Crippen molar-refractivity contribution in [1.29, 1.82) is 0 Å². The lowest BCUT2D eigenvalue weighted by Gasteiger charge is -2.31. The van der Waals surface area contributed by atoms with Crippen LogP contribution < -0.4 is 10.6 Å². The molecule has 3 aromatic rings. The van der Waals surface area contributed by atoms with Crippen molar-refractivity contribution in [2.45, 2.75) is 30.0 Å². The van der Waals surface area contributed by atoms with Gasteiger partial charge in [-0.3, -0.25) is 9.59 Å². The number of hydrogen-bond acceptors (Lipinski definition) is 4. The first-order valence-corrected chi connectivity index (χ1v) is 9.77. The van der Waals surface area contributed by atoms with Gasteiger partial charge in [-0.05, 0) is 31.5 Å². The van der Waals surface area contributed by atoms with Gasteiger partial charge in [-0.1, -0.05) is 54.2 Å². The van der Waals surface area contributed by atoms with Gasteiger partial charge in [0.2, 0.25) is 5.91 Å². The number of nitrogens with one attached hydrogen (secondary N) is 2. The molecule has 6 nitrogen and oxygen atoms in total. The molecule has 0 saturated heterocycles. The Kier molecular flexibility index (Phi) is 4.68. The molecule has 2 amide bonds. The predicted octanol–water partition coefficient (Wildman–Crippen LogP) is 3.68. The summed E-state index contributed by atoms with van der Waals surface area (Å²) in [6.45, 7) is 4.05. The van der Waals surface area contributed by atoms with E-state index in [1.807, 2.05) is 67.6 Å². The number of carbonyl (C=O) groups is 2. The molecule has 1 unspecified atom stereocenters. The zero-order valence-electron chi connectivity index (χ0n) is 15.6. The summed E-state index contributed by atoms with van der Waals surface area (Å²) < 4.78 is 0.468. The first kappa shape index (κ1) is 18.3. The number of thioether (sulfide) groups is 1. The van der Waals surface area contributed by atoms with E-state index in [0.717, 1.165) is 21.8 Å². The van der Waals surface area contributed by atoms with Crippen LogP contribution in [0, 0.1) is 6.92 Å². The number of amides is 2. The van der Waals surface area contributed by atoms with Crippen molar-refractivity contribution in [2.75, 3.05) is 10.6 Å². The van der Waals surface area contributed by atoms with Gasteiger partial charge in [-0.15, -0.1) is 0 Å². The van der Waals surface area contributed by atoms with Crippen LogP contribution in [-0.2, 0) is 16.1 Å². The lowest BCUT2D eigenvalue weighted by atomic mass is 10.1. The Labute approximate surface area is 167 Å². The van der Waals surface area contributed by atoms with Crippen molar-refractivity contribution in [3.8, 4) is 0 Å². The van der Waals surface area contributed by atoms with Crippen molar-refractivity contribution >= 4 is 35.1 Å². The number of rotatable bonds is 4. The molecule has 0 aliphatic carbocycles. The van der Waals surface area contributed by atoms with Crippen LogP contribution in [0.15, 0.2) is 65.6 Å². The Morgan fingerprint density at radius 3 is 2.68 bits per heavy atom. The second kappa shape index (κ2) is 7.16. The van der Waals surface area contributed by atoms with Crippen LogP contribution in [0.1, 0.15) is 18.2 Å². The highest BCUT2D eigenvalue weighted by Crippen LogP contribution is 2.42. The quantitative estimate of drug-likeness (QED) is 0.664. The summed E-state index contributed by atoms with van der Waals surface area (Å²) in [6.07, 6.45) is 0. The van der Waals surface area contributed by atoms with Crippen LogP contribution in [-0.4, -0.2) is 26.3 Å². The van der Waals surface area contributed by atoms with Gasteiger partial charge in [-0.25, -0.2) is 4.68 Å². The number of carbonyl (C=O) groups excluding carboxylic acids is 2. The normalized spacial score (nSPS) is 18.3. The molecule has 7 heteroatoms. The second-order valence-corrected chi connectivity index (χ2v) is 8.31. The van der Waals surface area contributed by atoms with Crippen LogP contribution in [0.25, 0.3) is 0 Å². The maximum atomic E-state index is 13.1. The Balaban J connectivity index is 1.58. The highest BCUT2D eigenvalue weighted by Gasteiger charge is 2.46. The molecule has 2 aromatic carbocycles. The van der Waals surface area contributed by atoms with E-state index in [1.54, 1.807) is 11.6 Å². The molecule has 0 fully saturated rings. The second-order valence-electron chi connectivity index (χ2n) is 6.85. The molecule has 1 aliphatic heterocycles. The number of para-hydroxylation sites is 1. The van der Waals surface area contributed by atoms with E-state index in [2.05, 4.69) is 15.7 Å². The monoisotopic (exact) mass is 392 g/mol. The van der Waals surface area contributed by atoms with Gasteiger partial charge in [-0.2, -0.15) is 5.10 Å². The Morgan fingerprint density at radius 1 is 1.18 bits per heavy atom. The van der Waals surface area contributed by atoms with Gasteiger partial charge >= 0.3 is 0 Å². The SMILES string of the molecule is Cc1cc(NC(=O)C2(C)Sc3ccccc3NC2=O)n(Cc2ccccc2)n1. The van der Waals surface area contributed by atoms with Crippen molar-refractivity contribution in [3.05, 3.63) is 71.9 Å². The Bertz CT molecular complexity index is 1050. The van der Waals surface area contributed by atoms with Crippen molar-refractivity contribution in [3.63, 3.8) is 0 Å². The van der Waals surface area contributed by atoms with E-state index >= 15 is 0 Å². The molecular formula is C21H20N4O2S. The van der Waals surface area contributed by atoms with Gasteiger partial charge in [0.05, 0.1) is 17.9 Å². The van der Waals surface area contributed by atoms with Crippen LogP contribution in [0.5, 0.6) is 0 Å². The van der Waals surface area contributed by atoms with Gasteiger partial charge in [0.15, 0.2) is 4.75 Å². The number of aryl methyl sites for hydroxylation is 1. The number of aromatic nitrogens is 2. The zero-order chi connectivity index (χ0) is 19.7. The van der Waals surface area contributed by atoms with Gasteiger partial charge in [0, 0.05) is 11.0 Å². The number of nitrogens with zero attached hydrogens (tertiary/aromatic N) is 2. The number of fused-ring (bicyclic) bond motifs is 1. The average molecular weight is 392 g/mol. The molecule has 142 valence electrons. The minimum absolute atomic E-state index is 0.334. The highest BCUT2D eigenvalue weighted by molar-refractivity contribution is 8.02. The van der Waals surface area contributed by atoms with Crippen LogP contribution in [0.3, 0.4) is 0 Å². The van der Waals surface area contributed by atoms with Crippen molar-refractivity contribution < 1.29 is 9.59 Å². The molecule has 1 aliphatic rings. The van der Waals surface area contributed by atoms with E-state index in [4.69, 9.17) is 0 Å². The lowest BCUT2D eigenvalue weighted by Crippen LogP contribution is -2.49. The first-order valence-electron chi connectivity index (χ1n) is 8.95. The summed E-state index contributed by atoms with van der Waals surface area (Å²) >= 11 is 1.26. The standard InChI is InChI=1S/C21H20N4O2S/c1-14-12-18(25(24-14)13-15-8-4-3-5-9-15)23-20(27)21(2)19(26)22-16-10-6-7-11-17(16)28-21/h3-12H,13H2,1-2H3,(H,22,26)(H,23,27). The van der Waals surface area contributed by atoms with E-state index in [0.29, 0.717) is 12.4 Å². The maximum absolute atomic E-state index is 13.1. The summed E-state index contributed by atoms with van der Waals surface area (Å²) in [5, 5.41) is 10.2.